The largest absolute Gasteiger partial charge is 0.510 e. The first-order valence-corrected chi connectivity index (χ1v) is 15.5. The highest BCUT2D eigenvalue weighted by atomic mass is 16.7. The predicted octanol–water partition coefficient (Wildman–Crippen LogP) is 6.23. The van der Waals surface area contributed by atoms with Crippen LogP contribution >= 0.6 is 0 Å². The summed E-state index contributed by atoms with van der Waals surface area (Å²) in [6, 6.07) is 26.6. The van der Waals surface area contributed by atoms with E-state index in [-0.39, 0.29) is 50.7 Å². The molecule has 46 heavy (non-hydrogen) atoms. The first-order chi connectivity index (χ1) is 22.2. The van der Waals surface area contributed by atoms with Crippen LogP contribution in [-0.2, 0) is 41.5 Å². The normalized spacial score (nSPS) is 16.7. The highest BCUT2D eigenvalue weighted by molar-refractivity contribution is 6.17. The number of urea groups is 1. The number of carbonyl (C=O) groups is 4. The lowest BCUT2D eigenvalue weighted by Crippen LogP contribution is -2.63. The van der Waals surface area contributed by atoms with E-state index < -0.39 is 36.2 Å². The van der Waals surface area contributed by atoms with Crippen LogP contribution in [0.25, 0.3) is 0 Å². The van der Waals surface area contributed by atoms with Gasteiger partial charge in [0, 0.05) is 0 Å². The fourth-order valence-corrected chi connectivity index (χ4v) is 5.49. The molecule has 1 aliphatic rings. The van der Waals surface area contributed by atoms with Gasteiger partial charge < -0.3 is 18.9 Å². The van der Waals surface area contributed by atoms with E-state index in [1.54, 1.807) is 30.3 Å². The third-order valence-electron chi connectivity index (χ3n) is 7.60. The number of para-hydroxylation sites is 1. The molecule has 244 valence electrons. The Hall–Kier alpha value is -4.70. The average molecular weight is 631 g/mol. The van der Waals surface area contributed by atoms with Gasteiger partial charge in [-0.05, 0) is 41.5 Å². The van der Waals surface area contributed by atoms with Crippen molar-refractivity contribution in [3.05, 3.63) is 102 Å². The van der Waals surface area contributed by atoms with Crippen LogP contribution < -0.4 is 4.90 Å². The maximum Gasteiger partial charge on any atom is 0.510 e. The number of anilines is 1. The molecule has 0 aliphatic carbocycles. The Balaban J connectivity index is 1.48. The molecule has 0 bridgehead atoms. The fourth-order valence-electron chi connectivity index (χ4n) is 5.49. The highest BCUT2D eigenvalue weighted by Gasteiger charge is 2.49. The standard InChI is InChI=1S/C36H42N2O8/c1-25(2)32(26(3)4)45-31(39)24-43-20-21-44-36(42)46-34-30(22-27-14-8-5-9-15-27)33(40)38(29-18-12-7-13-19-29)35(41)37(34)23-28-16-10-6-11-17-28/h5-19,25-26,30,32,34H,20-24H2,1-4H3. The van der Waals surface area contributed by atoms with Crippen LogP contribution in [-0.4, -0.2) is 61.1 Å². The second-order valence-electron chi connectivity index (χ2n) is 11.8. The Morgan fingerprint density at radius 1 is 0.761 bits per heavy atom. The Bertz CT molecular complexity index is 1360. The summed E-state index contributed by atoms with van der Waals surface area (Å²) in [5, 5.41) is 0. The molecule has 1 aliphatic heterocycles. The number of nitrogens with zero attached hydrogens (tertiary/aromatic N) is 2. The summed E-state index contributed by atoms with van der Waals surface area (Å²) < 4.78 is 21.9. The number of carbonyl (C=O) groups excluding carboxylic acids is 4. The zero-order chi connectivity index (χ0) is 33.1. The molecular weight excluding hydrogens is 588 g/mol. The fraction of sp³-hybridized carbons (Fsp3) is 0.389. The van der Waals surface area contributed by atoms with Gasteiger partial charge in [0.25, 0.3) is 0 Å². The number of imide groups is 1. The van der Waals surface area contributed by atoms with Gasteiger partial charge in [-0.2, -0.15) is 0 Å². The van der Waals surface area contributed by atoms with Crippen molar-refractivity contribution in [2.45, 2.75) is 53.0 Å². The SMILES string of the molecule is CC(C)C(OC(=O)COCCOC(=O)OC1C(Cc2ccccc2)C(=O)N(c2ccccc2)C(=O)N1Cc1ccccc1)C(C)C. The van der Waals surface area contributed by atoms with E-state index in [9.17, 15) is 19.2 Å². The van der Waals surface area contributed by atoms with E-state index in [1.807, 2.05) is 88.4 Å². The van der Waals surface area contributed by atoms with Crippen LogP contribution in [0.5, 0.6) is 0 Å². The Kier molecular flexibility index (Phi) is 12.3. The van der Waals surface area contributed by atoms with Gasteiger partial charge in [-0.1, -0.05) is 107 Å². The summed E-state index contributed by atoms with van der Waals surface area (Å²) in [5.41, 5.74) is 2.04. The second-order valence-corrected chi connectivity index (χ2v) is 11.8. The summed E-state index contributed by atoms with van der Waals surface area (Å²) in [4.78, 5) is 55.8. The summed E-state index contributed by atoms with van der Waals surface area (Å²) >= 11 is 0. The lowest BCUT2D eigenvalue weighted by molar-refractivity contribution is -0.159. The van der Waals surface area contributed by atoms with Gasteiger partial charge >= 0.3 is 18.2 Å². The molecule has 2 unspecified atom stereocenters. The van der Waals surface area contributed by atoms with E-state index in [0.717, 1.165) is 16.0 Å². The van der Waals surface area contributed by atoms with Crippen LogP contribution in [0.4, 0.5) is 15.3 Å². The lowest BCUT2D eigenvalue weighted by Gasteiger charge is -2.43. The third kappa shape index (κ3) is 9.17. The van der Waals surface area contributed by atoms with Gasteiger partial charge in [0.05, 0.1) is 24.8 Å². The summed E-state index contributed by atoms with van der Waals surface area (Å²) in [6.45, 7) is 7.43. The summed E-state index contributed by atoms with van der Waals surface area (Å²) in [6.07, 6.45) is -2.35. The molecule has 3 amide bonds. The maximum absolute atomic E-state index is 14.0. The minimum absolute atomic E-state index is 0.0797. The number of benzene rings is 3. The monoisotopic (exact) mass is 630 g/mol. The van der Waals surface area contributed by atoms with E-state index in [4.69, 9.17) is 18.9 Å². The molecule has 0 N–H and O–H groups in total. The van der Waals surface area contributed by atoms with Crippen molar-refractivity contribution in [3.8, 4) is 0 Å². The Morgan fingerprint density at radius 3 is 1.91 bits per heavy atom. The van der Waals surface area contributed by atoms with Gasteiger partial charge in [-0.25, -0.2) is 19.3 Å². The van der Waals surface area contributed by atoms with Crippen LogP contribution in [0.3, 0.4) is 0 Å². The molecule has 10 heteroatoms. The second kappa shape index (κ2) is 16.6. The number of hydrogen-bond donors (Lipinski definition) is 0. The average Bonchev–Trinajstić information content (AvgIpc) is 3.04. The topological polar surface area (TPSA) is 112 Å². The predicted molar refractivity (Wildman–Crippen MR) is 172 cm³/mol. The zero-order valence-electron chi connectivity index (χ0n) is 26.7. The number of rotatable bonds is 14. The summed E-state index contributed by atoms with van der Waals surface area (Å²) in [5.74, 6) is -1.61. The van der Waals surface area contributed by atoms with E-state index >= 15 is 0 Å². The summed E-state index contributed by atoms with van der Waals surface area (Å²) in [7, 11) is 0. The molecule has 3 aromatic rings. The van der Waals surface area contributed by atoms with E-state index in [0.29, 0.717) is 5.69 Å². The van der Waals surface area contributed by atoms with Crippen molar-refractivity contribution >= 4 is 29.8 Å². The van der Waals surface area contributed by atoms with Gasteiger partial charge in [-0.15, -0.1) is 0 Å². The van der Waals surface area contributed by atoms with Crippen LogP contribution in [0.1, 0.15) is 38.8 Å². The highest BCUT2D eigenvalue weighted by Crippen LogP contribution is 2.32. The molecule has 4 rings (SSSR count). The van der Waals surface area contributed by atoms with Crippen molar-refractivity contribution in [3.63, 3.8) is 0 Å². The molecule has 3 aromatic carbocycles. The van der Waals surface area contributed by atoms with Gasteiger partial charge in [-0.3, -0.25) is 9.69 Å². The quantitative estimate of drug-likeness (QED) is 0.152. The number of hydrogen-bond acceptors (Lipinski definition) is 8. The molecule has 10 nitrogen and oxygen atoms in total. The molecule has 1 saturated heterocycles. The van der Waals surface area contributed by atoms with Crippen molar-refractivity contribution in [2.24, 2.45) is 17.8 Å². The number of ether oxygens (including phenoxy) is 4. The van der Waals surface area contributed by atoms with Crippen molar-refractivity contribution < 1.29 is 38.1 Å². The van der Waals surface area contributed by atoms with E-state index in [2.05, 4.69) is 0 Å². The smallest absolute Gasteiger partial charge is 0.460 e. The maximum atomic E-state index is 14.0. The van der Waals surface area contributed by atoms with Crippen LogP contribution in [0.15, 0.2) is 91.0 Å². The van der Waals surface area contributed by atoms with Crippen LogP contribution in [0.2, 0.25) is 0 Å². The number of amides is 3. The lowest BCUT2D eigenvalue weighted by atomic mass is 9.93. The molecule has 1 fully saturated rings. The molecule has 0 radical (unpaired) electrons. The molecule has 0 spiro atoms. The molecule has 0 saturated carbocycles. The molecule has 2 atom stereocenters. The van der Waals surface area contributed by atoms with Crippen molar-refractivity contribution in [1.29, 1.82) is 0 Å². The first-order valence-electron chi connectivity index (χ1n) is 15.5. The molecule has 0 aromatic heterocycles. The van der Waals surface area contributed by atoms with Crippen molar-refractivity contribution in [2.75, 3.05) is 24.7 Å². The molecule has 1 heterocycles. The van der Waals surface area contributed by atoms with E-state index in [1.165, 1.54) is 4.90 Å². The third-order valence-corrected chi connectivity index (χ3v) is 7.60. The van der Waals surface area contributed by atoms with Gasteiger partial charge in [0.2, 0.25) is 5.91 Å². The van der Waals surface area contributed by atoms with Gasteiger partial charge in [0.1, 0.15) is 19.3 Å². The zero-order valence-corrected chi connectivity index (χ0v) is 26.7. The first kappa shape index (κ1) is 34.2. The molecular formula is C36H42N2O8. The Morgan fingerprint density at radius 2 is 1.33 bits per heavy atom. The Labute approximate surface area is 270 Å². The minimum atomic E-state index is -1.26. The number of esters is 1. The van der Waals surface area contributed by atoms with Gasteiger partial charge in [0.15, 0.2) is 6.23 Å². The minimum Gasteiger partial charge on any atom is -0.460 e. The van der Waals surface area contributed by atoms with Crippen molar-refractivity contribution in [1.82, 2.24) is 4.90 Å². The van der Waals surface area contributed by atoms with Crippen LogP contribution in [0, 0.1) is 17.8 Å².